The quantitative estimate of drug-likeness (QED) is 0.525. The Morgan fingerprint density at radius 2 is 2.00 bits per heavy atom. The summed E-state index contributed by atoms with van der Waals surface area (Å²) in [6.07, 6.45) is 6.10. The van der Waals surface area contributed by atoms with Gasteiger partial charge in [0.05, 0.1) is 22.8 Å². The highest BCUT2D eigenvalue weighted by Gasteiger charge is 2.23. The maximum Gasteiger partial charge on any atom is 0.222 e. The number of imidazole rings is 1. The molecule has 0 radical (unpaired) electrons. The van der Waals surface area contributed by atoms with Gasteiger partial charge in [0.25, 0.3) is 0 Å². The molecular formula is C22H21N7. The van der Waals surface area contributed by atoms with E-state index in [0.717, 1.165) is 29.6 Å². The highest BCUT2D eigenvalue weighted by Crippen LogP contribution is 2.26. The minimum atomic E-state index is -0.566. The van der Waals surface area contributed by atoms with Crippen LogP contribution in [0, 0.1) is 11.3 Å². The van der Waals surface area contributed by atoms with Crippen LogP contribution in [0.5, 0.6) is 0 Å². The first-order valence-electron chi connectivity index (χ1n) is 9.60. The van der Waals surface area contributed by atoms with Gasteiger partial charge in [0.1, 0.15) is 11.7 Å². The summed E-state index contributed by atoms with van der Waals surface area (Å²) in [5.74, 6) is 0.645. The van der Waals surface area contributed by atoms with E-state index in [1.807, 2.05) is 42.6 Å². The molecule has 144 valence electrons. The molecule has 4 aromatic rings. The van der Waals surface area contributed by atoms with Gasteiger partial charge >= 0.3 is 0 Å². The SMILES string of the molecule is CCn1c(C(C#N)c2ccnc(NCCc3cccnc3)n2)nc2ccccc21. The molecule has 7 nitrogen and oxygen atoms in total. The van der Waals surface area contributed by atoms with E-state index in [-0.39, 0.29) is 0 Å². The summed E-state index contributed by atoms with van der Waals surface area (Å²) in [7, 11) is 0. The van der Waals surface area contributed by atoms with Gasteiger partial charge in [-0.15, -0.1) is 0 Å². The molecule has 1 unspecified atom stereocenters. The van der Waals surface area contributed by atoms with E-state index in [0.29, 0.717) is 24.0 Å². The summed E-state index contributed by atoms with van der Waals surface area (Å²) in [6.45, 7) is 3.46. The maximum absolute atomic E-state index is 9.90. The number of rotatable bonds is 7. The third-order valence-electron chi connectivity index (χ3n) is 4.78. The van der Waals surface area contributed by atoms with Gasteiger partial charge in [-0.25, -0.2) is 15.0 Å². The number of fused-ring (bicyclic) bond motifs is 1. The summed E-state index contributed by atoms with van der Waals surface area (Å²) in [5, 5.41) is 13.1. The Balaban J connectivity index is 1.57. The van der Waals surface area contributed by atoms with E-state index in [1.165, 1.54) is 0 Å². The van der Waals surface area contributed by atoms with Crippen LogP contribution >= 0.6 is 0 Å². The van der Waals surface area contributed by atoms with Gasteiger partial charge in [-0.2, -0.15) is 5.26 Å². The predicted molar refractivity (Wildman–Crippen MR) is 111 cm³/mol. The van der Waals surface area contributed by atoms with Crippen LogP contribution in [-0.4, -0.2) is 31.0 Å². The van der Waals surface area contributed by atoms with Crippen molar-refractivity contribution in [1.82, 2.24) is 24.5 Å². The van der Waals surface area contributed by atoms with Gasteiger partial charge in [-0.1, -0.05) is 18.2 Å². The molecular weight excluding hydrogens is 362 g/mol. The first kappa shape index (κ1) is 18.6. The molecule has 4 rings (SSSR count). The Hall–Kier alpha value is -3.79. The molecule has 0 aliphatic heterocycles. The molecule has 0 aliphatic rings. The van der Waals surface area contributed by atoms with Crippen LogP contribution in [0.2, 0.25) is 0 Å². The van der Waals surface area contributed by atoms with Crippen LogP contribution in [0.1, 0.15) is 29.9 Å². The van der Waals surface area contributed by atoms with Gasteiger partial charge in [-0.05, 0) is 43.2 Å². The molecule has 1 aromatic carbocycles. The molecule has 3 aromatic heterocycles. The third kappa shape index (κ3) is 3.92. The zero-order chi connectivity index (χ0) is 20.1. The molecule has 0 bridgehead atoms. The number of nitrogens with zero attached hydrogens (tertiary/aromatic N) is 6. The van der Waals surface area contributed by atoms with E-state index in [2.05, 4.69) is 37.8 Å². The third-order valence-corrected chi connectivity index (χ3v) is 4.78. The zero-order valence-corrected chi connectivity index (χ0v) is 16.2. The number of nitriles is 1. The van der Waals surface area contributed by atoms with Gasteiger partial charge in [0.15, 0.2) is 0 Å². The first-order valence-corrected chi connectivity index (χ1v) is 9.60. The van der Waals surface area contributed by atoms with E-state index < -0.39 is 5.92 Å². The van der Waals surface area contributed by atoms with Crippen molar-refractivity contribution in [2.45, 2.75) is 25.8 Å². The topological polar surface area (TPSA) is 92.3 Å². The van der Waals surface area contributed by atoms with Crippen molar-refractivity contribution in [2.24, 2.45) is 0 Å². The number of hydrogen-bond donors (Lipinski definition) is 1. The number of nitrogens with one attached hydrogen (secondary N) is 1. The average Bonchev–Trinajstić information content (AvgIpc) is 3.13. The normalized spacial score (nSPS) is 11.9. The lowest BCUT2D eigenvalue weighted by Gasteiger charge is -2.12. The molecule has 3 heterocycles. The number of pyridine rings is 1. The molecule has 0 saturated carbocycles. The molecule has 0 saturated heterocycles. The number of hydrogen-bond acceptors (Lipinski definition) is 6. The number of benzene rings is 1. The minimum absolute atomic E-state index is 0.505. The molecule has 0 aliphatic carbocycles. The fraction of sp³-hybridized carbons (Fsp3) is 0.227. The molecule has 0 fully saturated rings. The zero-order valence-electron chi connectivity index (χ0n) is 16.2. The van der Waals surface area contributed by atoms with Crippen molar-refractivity contribution in [2.75, 3.05) is 11.9 Å². The van der Waals surface area contributed by atoms with Crippen LogP contribution in [0.25, 0.3) is 11.0 Å². The molecule has 1 N–H and O–H groups in total. The number of aryl methyl sites for hydroxylation is 1. The number of aromatic nitrogens is 5. The minimum Gasteiger partial charge on any atom is -0.354 e. The molecule has 1 atom stereocenters. The van der Waals surface area contributed by atoms with Crippen LogP contribution in [0.15, 0.2) is 61.1 Å². The fourth-order valence-corrected chi connectivity index (χ4v) is 3.39. The van der Waals surface area contributed by atoms with Gasteiger partial charge in [0, 0.05) is 31.7 Å². The van der Waals surface area contributed by atoms with E-state index in [4.69, 9.17) is 4.98 Å². The largest absolute Gasteiger partial charge is 0.354 e. The van der Waals surface area contributed by atoms with Crippen LogP contribution in [-0.2, 0) is 13.0 Å². The van der Waals surface area contributed by atoms with Gasteiger partial charge < -0.3 is 9.88 Å². The van der Waals surface area contributed by atoms with E-state index in [1.54, 1.807) is 18.5 Å². The molecule has 29 heavy (non-hydrogen) atoms. The first-order chi connectivity index (χ1) is 14.3. The van der Waals surface area contributed by atoms with E-state index >= 15 is 0 Å². The average molecular weight is 383 g/mol. The summed E-state index contributed by atoms with van der Waals surface area (Å²) < 4.78 is 2.07. The van der Waals surface area contributed by atoms with Crippen molar-refractivity contribution in [3.63, 3.8) is 0 Å². The fourth-order valence-electron chi connectivity index (χ4n) is 3.39. The highest BCUT2D eigenvalue weighted by molar-refractivity contribution is 5.76. The van der Waals surface area contributed by atoms with Crippen molar-refractivity contribution in [3.8, 4) is 6.07 Å². The van der Waals surface area contributed by atoms with Crippen molar-refractivity contribution >= 4 is 17.0 Å². The Kier molecular flexibility index (Phi) is 5.43. The number of para-hydroxylation sites is 2. The predicted octanol–water partition coefficient (Wildman–Crippen LogP) is 3.55. The van der Waals surface area contributed by atoms with E-state index in [9.17, 15) is 5.26 Å². The Bertz CT molecular complexity index is 1140. The number of anilines is 1. The monoisotopic (exact) mass is 383 g/mol. The van der Waals surface area contributed by atoms with Crippen LogP contribution in [0.4, 0.5) is 5.95 Å². The lowest BCUT2D eigenvalue weighted by atomic mass is 10.1. The van der Waals surface area contributed by atoms with Crippen molar-refractivity contribution < 1.29 is 0 Å². The van der Waals surface area contributed by atoms with Crippen LogP contribution < -0.4 is 5.32 Å². The second-order valence-corrected chi connectivity index (χ2v) is 6.61. The molecule has 7 heteroatoms. The Labute approximate surface area is 169 Å². The smallest absolute Gasteiger partial charge is 0.222 e. The highest BCUT2D eigenvalue weighted by atomic mass is 15.1. The van der Waals surface area contributed by atoms with Crippen LogP contribution in [0.3, 0.4) is 0 Å². The second kappa shape index (κ2) is 8.48. The van der Waals surface area contributed by atoms with Gasteiger partial charge in [0.2, 0.25) is 5.95 Å². The lowest BCUT2D eigenvalue weighted by Crippen LogP contribution is -2.13. The van der Waals surface area contributed by atoms with Gasteiger partial charge in [-0.3, -0.25) is 4.98 Å². The standard InChI is InChI=1S/C22H21N7/c1-2-29-20-8-4-3-7-19(20)27-21(29)17(14-23)18-10-13-26-22(28-18)25-12-9-16-6-5-11-24-15-16/h3-8,10-11,13,15,17H,2,9,12H2,1H3,(H,25,26,28). The van der Waals surface area contributed by atoms with Crippen molar-refractivity contribution in [1.29, 1.82) is 5.26 Å². The summed E-state index contributed by atoms with van der Waals surface area (Å²) >= 11 is 0. The Morgan fingerprint density at radius 1 is 1.10 bits per heavy atom. The summed E-state index contributed by atoms with van der Waals surface area (Å²) in [5.41, 5.74) is 3.68. The summed E-state index contributed by atoms with van der Waals surface area (Å²) in [4.78, 5) is 17.7. The molecule has 0 amide bonds. The second-order valence-electron chi connectivity index (χ2n) is 6.61. The maximum atomic E-state index is 9.90. The van der Waals surface area contributed by atoms with Crippen molar-refractivity contribution in [3.05, 3.63) is 78.1 Å². The summed E-state index contributed by atoms with van der Waals surface area (Å²) in [6, 6.07) is 16.0. The molecule has 0 spiro atoms. The Morgan fingerprint density at radius 3 is 2.79 bits per heavy atom. The lowest BCUT2D eigenvalue weighted by molar-refractivity contribution is 0.704.